The fourth-order valence-corrected chi connectivity index (χ4v) is 3.31. The minimum atomic E-state index is 0.737. The summed E-state index contributed by atoms with van der Waals surface area (Å²) in [5.74, 6) is 0.937. The van der Waals surface area contributed by atoms with E-state index in [1.165, 1.54) is 23.1 Å². The van der Waals surface area contributed by atoms with Gasteiger partial charge in [-0.15, -0.1) is 0 Å². The van der Waals surface area contributed by atoms with Gasteiger partial charge in [-0.25, -0.2) is 0 Å². The molecule has 0 aliphatic heterocycles. The number of nitrogens with zero attached hydrogens (tertiary/aromatic N) is 1. The number of nitrogens with one attached hydrogen (secondary N) is 1. The second kappa shape index (κ2) is 10.5. The number of aryl methyl sites for hydroxylation is 1. The third-order valence-corrected chi connectivity index (χ3v) is 4.83. The maximum atomic E-state index is 5.50. The Hall–Kier alpha value is -2.76. The normalized spacial score (nSPS) is 11.3. The Kier molecular flexibility index (Phi) is 7.53. The van der Waals surface area contributed by atoms with Gasteiger partial charge in [0.1, 0.15) is 12.8 Å². The van der Waals surface area contributed by atoms with Crippen molar-refractivity contribution in [2.45, 2.75) is 13.0 Å². The zero-order valence-corrected chi connectivity index (χ0v) is 16.8. The van der Waals surface area contributed by atoms with Crippen molar-refractivity contribution in [3.05, 3.63) is 101 Å². The summed E-state index contributed by atoms with van der Waals surface area (Å²) in [4.78, 5) is 5.08. The Labute approximate surface area is 170 Å². The van der Waals surface area contributed by atoms with Gasteiger partial charge in [0.2, 0.25) is 0 Å². The van der Waals surface area contributed by atoms with Crippen molar-refractivity contribution in [1.29, 1.82) is 0 Å². The lowest BCUT2D eigenvalue weighted by Gasteiger charge is -2.11. The van der Waals surface area contributed by atoms with E-state index in [1.807, 2.05) is 36.4 Å². The van der Waals surface area contributed by atoms with Crippen molar-refractivity contribution in [3.63, 3.8) is 0 Å². The summed E-state index contributed by atoms with van der Waals surface area (Å²) in [5.41, 5.74) is 6.47. The Morgan fingerprint density at radius 2 is 1.68 bits per heavy atom. The van der Waals surface area contributed by atoms with Crippen LogP contribution in [-0.4, -0.2) is 18.6 Å². The van der Waals surface area contributed by atoms with E-state index in [0.717, 1.165) is 41.2 Å². The number of oxime groups is 1. The monoisotopic (exact) mass is 391 g/mol. The molecule has 0 spiro atoms. The third-order valence-electron chi connectivity index (χ3n) is 4.39. The quantitative estimate of drug-likeness (QED) is 0.311. The van der Waals surface area contributed by atoms with Gasteiger partial charge in [0.15, 0.2) is 0 Å². The average molecular weight is 392 g/mol. The Morgan fingerprint density at radius 1 is 0.929 bits per heavy atom. The number of rotatable bonds is 9. The summed E-state index contributed by atoms with van der Waals surface area (Å²) >= 11 is 1.38. The van der Waals surface area contributed by atoms with Crippen molar-refractivity contribution in [2.75, 3.05) is 18.2 Å². The average Bonchev–Trinajstić information content (AvgIpc) is 2.76. The van der Waals surface area contributed by atoms with Gasteiger partial charge in [0.05, 0.1) is 0 Å². The predicted octanol–water partition coefficient (Wildman–Crippen LogP) is 4.85. The van der Waals surface area contributed by atoms with E-state index < -0.39 is 0 Å². The summed E-state index contributed by atoms with van der Waals surface area (Å²) in [6.07, 6.45) is 0.991. The molecule has 3 N–H and O–H groups in total. The number of hydrogen-bond donors (Lipinski definition) is 2. The van der Waals surface area contributed by atoms with E-state index in [9.17, 15) is 0 Å². The van der Waals surface area contributed by atoms with E-state index >= 15 is 0 Å². The molecule has 0 saturated heterocycles. The van der Waals surface area contributed by atoms with Crippen molar-refractivity contribution >= 4 is 23.3 Å². The molecule has 28 heavy (non-hydrogen) atoms. The molecule has 0 unspecified atom stereocenters. The topological polar surface area (TPSA) is 59.6 Å². The first-order chi connectivity index (χ1) is 13.8. The predicted molar refractivity (Wildman–Crippen MR) is 120 cm³/mol. The number of benzene rings is 3. The van der Waals surface area contributed by atoms with Crippen molar-refractivity contribution in [3.8, 4) is 0 Å². The van der Waals surface area contributed by atoms with E-state index in [-0.39, 0.29) is 0 Å². The van der Waals surface area contributed by atoms with Gasteiger partial charge in [0.25, 0.3) is 0 Å². The summed E-state index contributed by atoms with van der Waals surface area (Å²) < 4.78 is 0. The van der Waals surface area contributed by atoms with E-state index in [1.54, 1.807) is 7.11 Å². The highest BCUT2D eigenvalue weighted by Gasteiger charge is 2.08. The fourth-order valence-electron chi connectivity index (χ4n) is 2.96. The van der Waals surface area contributed by atoms with Gasteiger partial charge < -0.3 is 10.2 Å². The van der Waals surface area contributed by atoms with Crippen LogP contribution >= 0.6 is 11.9 Å². The molecule has 0 aliphatic rings. The first kappa shape index (κ1) is 20.0. The van der Waals surface area contributed by atoms with E-state index in [2.05, 4.69) is 52.9 Å². The second-order valence-corrected chi connectivity index (χ2v) is 7.10. The van der Waals surface area contributed by atoms with Crippen molar-refractivity contribution in [1.82, 2.24) is 0 Å². The highest BCUT2D eigenvalue weighted by molar-refractivity contribution is 7.97. The van der Waals surface area contributed by atoms with Crippen LogP contribution in [0.25, 0.3) is 0 Å². The lowest BCUT2D eigenvalue weighted by Crippen LogP contribution is -2.06. The molecule has 0 fully saturated rings. The van der Waals surface area contributed by atoms with Crippen LogP contribution in [0.3, 0.4) is 0 Å². The van der Waals surface area contributed by atoms with Crippen LogP contribution in [0.2, 0.25) is 0 Å². The van der Waals surface area contributed by atoms with Gasteiger partial charge in [0, 0.05) is 29.1 Å². The van der Waals surface area contributed by atoms with Gasteiger partial charge in [-0.2, -0.15) is 0 Å². The molecular weight excluding hydrogens is 366 g/mol. The van der Waals surface area contributed by atoms with Gasteiger partial charge in [-0.05, 0) is 35.7 Å². The second-order valence-electron chi connectivity index (χ2n) is 6.36. The van der Waals surface area contributed by atoms with Crippen molar-refractivity contribution in [2.24, 2.45) is 10.3 Å². The maximum Gasteiger partial charge on any atom is 0.117 e. The standard InChI is InChI=1S/C23H25N3OS/c1-27-26-23(20-7-3-2-4-8-20)21-9-5-6-19(16-21)17-25-22-12-10-18(11-13-22)14-15-28-24/h2-13,16,25H,14-15,17,24H2,1H3/b26-23-. The van der Waals surface area contributed by atoms with Crippen LogP contribution in [-0.2, 0) is 17.8 Å². The minimum absolute atomic E-state index is 0.737. The molecule has 0 radical (unpaired) electrons. The Balaban J connectivity index is 1.70. The molecule has 0 amide bonds. The van der Waals surface area contributed by atoms with Crippen LogP contribution in [0.1, 0.15) is 22.3 Å². The zero-order chi connectivity index (χ0) is 19.6. The molecule has 3 rings (SSSR count). The first-order valence-electron chi connectivity index (χ1n) is 9.20. The molecule has 0 bridgehead atoms. The zero-order valence-electron chi connectivity index (χ0n) is 16.0. The Bertz CT molecular complexity index is 895. The van der Waals surface area contributed by atoms with Gasteiger partial charge in [-0.3, -0.25) is 5.14 Å². The molecule has 0 heterocycles. The fraction of sp³-hybridized carbons (Fsp3) is 0.174. The molecule has 3 aromatic rings. The summed E-state index contributed by atoms with van der Waals surface area (Å²) in [7, 11) is 1.57. The number of anilines is 1. The van der Waals surface area contributed by atoms with Crippen molar-refractivity contribution < 1.29 is 4.84 Å². The largest absolute Gasteiger partial charge is 0.399 e. The molecule has 0 aromatic heterocycles. The van der Waals surface area contributed by atoms with Gasteiger partial charge in [-0.1, -0.05) is 77.8 Å². The molecule has 5 heteroatoms. The molecule has 0 atom stereocenters. The van der Waals surface area contributed by atoms with Crippen LogP contribution < -0.4 is 10.5 Å². The van der Waals surface area contributed by atoms with E-state index in [0.29, 0.717) is 0 Å². The molecular formula is C23H25N3OS. The van der Waals surface area contributed by atoms with Gasteiger partial charge >= 0.3 is 0 Å². The molecule has 0 aliphatic carbocycles. The summed E-state index contributed by atoms with van der Waals surface area (Å²) in [5, 5.41) is 13.2. The molecule has 144 valence electrons. The highest BCUT2D eigenvalue weighted by atomic mass is 32.2. The highest BCUT2D eigenvalue weighted by Crippen LogP contribution is 2.16. The number of hydrogen-bond acceptors (Lipinski definition) is 5. The summed E-state index contributed by atoms with van der Waals surface area (Å²) in [6.45, 7) is 0.737. The lowest BCUT2D eigenvalue weighted by molar-refractivity contribution is 0.214. The van der Waals surface area contributed by atoms with Crippen LogP contribution in [0.5, 0.6) is 0 Å². The molecule has 0 saturated carbocycles. The SMILES string of the molecule is CO/N=C(/c1ccccc1)c1cccc(CNc2ccc(CCSN)cc2)c1. The summed E-state index contributed by atoms with van der Waals surface area (Å²) in [6, 6.07) is 26.9. The first-order valence-corrected chi connectivity index (χ1v) is 10.3. The van der Waals surface area contributed by atoms with E-state index in [4.69, 9.17) is 9.98 Å². The minimum Gasteiger partial charge on any atom is -0.399 e. The number of nitrogens with two attached hydrogens (primary N) is 1. The lowest BCUT2D eigenvalue weighted by atomic mass is 10.0. The van der Waals surface area contributed by atoms with Crippen LogP contribution in [0.15, 0.2) is 84.0 Å². The van der Waals surface area contributed by atoms with Crippen LogP contribution in [0, 0.1) is 0 Å². The smallest absolute Gasteiger partial charge is 0.117 e. The maximum absolute atomic E-state index is 5.50. The third kappa shape index (κ3) is 5.62. The molecule has 4 nitrogen and oxygen atoms in total. The Morgan fingerprint density at radius 3 is 2.39 bits per heavy atom. The molecule has 3 aromatic carbocycles. The van der Waals surface area contributed by atoms with Crippen LogP contribution in [0.4, 0.5) is 5.69 Å².